The molecule has 346 valence electrons. The second-order valence-corrected chi connectivity index (χ2v) is 17.5. The lowest BCUT2D eigenvalue weighted by atomic mass is 10.00. The predicted molar refractivity (Wildman–Crippen MR) is 256 cm³/mol. The number of allylic oxidation sites excluding steroid dienone is 8. The van der Waals surface area contributed by atoms with Gasteiger partial charge in [0.05, 0.1) is 18.8 Å². The van der Waals surface area contributed by atoms with Crippen molar-refractivity contribution in [2.45, 2.75) is 276 Å². The Morgan fingerprint density at radius 1 is 0.407 bits per heavy atom. The van der Waals surface area contributed by atoms with E-state index in [1.165, 1.54) is 154 Å². The van der Waals surface area contributed by atoms with Crippen molar-refractivity contribution in [1.82, 2.24) is 5.32 Å². The maximum Gasteiger partial charge on any atom is 0.249 e. The lowest BCUT2D eigenvalue weighted by molar-refractivity contribution is -0.132. The number of carbonyl (C=O) groups is 1. The summed E-state index contributed by atoms with van der Waals surface area (Å²) < 4.78 is 0. The van der Waals surface area contributed by atoms with Crippen molar-refractivity contribution in [3.63, 3.8) is 0 Å². The van der Waals surface area contributed by atoms with Gasteiger partial charge in [-0.15, -0.1) is 0 Å². The van der Waals surface area contributed by atoms with Gasteiger partial charge in [0.25, 0.3) is 0 Å². The average molecular weight is 830 g/mol. The summed E-state index contributed by atoms with van der Waals surface area (Å²) in [6.45, 7) is 4.04. The highest BCUT2D eigenvalue weighted by Crippen LogP contribution is 2.15. The van der Waals surface area contributed by atoms with E-state index in [1.807, 2.05) is 0 Å². The van der Waals surface area contributed by atoms with Gasteiger partial charge in [0.1, 0.15) is 12.2 Å². The molecule has 0 saturated carbocycles. The Kier molecular flexibility index (Phi) is 45.9. The van der Waals surface area contributed by atoms with E-state index in [9.17, 15) is 25.2 Å². The van der Waals surface area contributed by atoms with E-state index in [1.54, 1.807) is 0 Å². The van der Waals surface area contributed by atoms with E-state index in [-0.39, 0.29) is 0 Å². The molecule has 4 atom stereocenters. The first-order valence-electron chi connectivity index (χ1n) is 25.5. The zero-order valence-corrected chi connectivity index (χ0v) is 39.0. The van der Waals surface area contributed by atoms with Crippen molar-refractivity contribution in [3.05, 3.63) is 48.6 Å². The highest BCUT2D eigenvalue weighted by molar-refractivity contribution is 5.80. The van der Waals surface area contributed by atoms with Gasteiger partial charge in [-0.1, -0.05) is 210 Å². The molecule has 5 N–H and O–H groups in total. The maximum atomic E-state index is 12.5. The summed E-state index contributed by atoms with van der Waals surface area (Å²) in [5, 5.41) is 43.7. The third-order valence-electron chi connectivity index (χ3n) is 11.7. The van der Waals surface area contributed by atoms with Crippen LogP contribution in [0.4, 0.5) is 0 Å². The largest absolute Gasteiger partial charge is 0.394 e. The van der Waals surface area contributed by atoms with Crippen LogP contribution in [0.15, 0.2) is 48.6 Å². The molecule has 0 aromatic heterocycles. The van der Waals surface area contributed by atoms with Crippen LogP contribution in [-0.2, 0) is 4.79 Å². The molecular weight excluding hydrogens is 731 g/mol. The highest BCUT2D eigenvalue weighted by atomic mass is 16.3. The van der Waals surface area contributed by atoms with E-state index < -0.39 is 36.9 Å². The van der Waals surface area contributed by atoms with Crippen LogP contribution in [0.5, 0.6) is 0 Å². The highest BCUT2D eigenvalue weighted by Gasteiger charge is 2.28. The second-order valence-electron chi connectivity index (χ2n) is 17.5. The molecule has 0 heterocycles. The second kappa shape index (κ2) is 47.3. The van der Waals surface area contributed by atoms with E-state index in [0.717, 1.165) is 64.2 Å². The smallest absolute Gasteiger partial charge is 0.249 e. The first kappa shape index (κ1) is 57.3. The average Bonchev–Trinajstić information content (AvgIpc) is 3.24. The van der Waals surface area contributed by atoms with E-state index in [2.05, 4.69) is 67.8 Å². The first-order valence-corrected chi connectivity index (χ1v) is 25.5. The van der Waals surface area contributed by atoms with Crippen molar-refractivity contribution >= 4 is 5.91 Å². The summed E-state index contributed by atoms with van der Waals surface area (Å²) in [5.74, 6) is -0.609. The third kappa shape index (κ3) is 41.4. The van der Waals surface area contributed by atoms with Gasteiger partial charge in [-0.25, -0.2) is 0 Å². The molecule has 0 fully saturated rings. The number of aliphatic hydroxyl groups excluding tert-OH is 4. The van der Waals surface area contributed by atoms with Gasteiger partial charge in [0.15, 0.2) is 0 Å². The van der Waals surface area contributed by atoms with E-state index >= 15 is 0 Å². The summed E-state index contributed by atoms with van der Waals surface area (Å²) >= 11 is 0. The minimum absolute atomic E-state index is 0.343. The van der Waals surface area contributed by atoms with E-state index in [0.29, 0.717) is 19.3 Å². The van der Waals surface area contributed by atoms with Crippen LogP contribution >= 0.6 is 0 Å². The molecule has 0 spiro atoms. The Morgan fingerprint density at radius 2 is 0.712 bits per heavy atom. The lowest BCUT2D eigenvalue weighted by Crippen LogP contribution is -2.53. The van der Waals surface area contributed by atoms with Gasteiger partial charge in [-0.3, -0.25) is 4.79 Å². The lowest BCUT2D eigenvalue weighted by Gasteiger charge is -2.27. The van der Waals surface area contributed by atoms with Gasteiger partial charge in [-0.2, -0.15) is 0 Å². The van der Waals surface area contributed by atoms with E-state index in [4.69, 9.17) is 0 Å². The van der Waals surface area contributed by atoms with Crippen LogP contribution in [0, 0.1) is 0 Å². The number of hydrogen-bond acceptors (Lipinski definition) is 5. The minimum Gasteiger partial charge on any atom is -0.394 e. The molecule has 0 aromatic rings. The Balaban J connectivity index is 3.75. The fraction of sp³-hybridized carbons (Fsp3) is 0.830. The summed E-state index contributed by atoms with van der Waals surface area (Å²) in [4.78, 5) is 12.5. The van der Waals surface area contributed by atoms with Gasteiger partial charge >= 0.3 is 0 Å². The molecule has 0 aliphatic carbocycles. The van der Waals surface area contributed by atoms with Gasteiger partial charge in [0, 0.05) is 0 Å². The zero-order valence-electron chi connectivity index (χ0n) is 39.0. The Labute approximate surface area is 366 Å². The fourth-order valence-electron chi connectivity index (χ4n) is 7.67. The van der Waals surface area contributed by atoms with Crippen molar-refractivity contribution in [2.24, 2.45) is 0 Å². The molecule has 59 heavy (non-hydrogen) atoms. The third-order valence-corrected chi connectivity index (χ3v) is 11.7. The van der Waals surface area contributed by atoms with Crippen LogP contribution in [-0.4, -0.2) is 57.3 Å². The molecule has 0 aliphatic rings. The van der Waals surface area contributed by atoms with Crippen LogP contribution in [0.1, 0.15) is 251 Å². The molecule has 6 nitrogen and oxygen atoms in total. The summed E-state index contributed by atoms with van der Waals surface area (Å²) in [6.07, 6.45) is 58.8. The number of nitrogens with one attached hydrogen (secondary N) is 1. The standard InChI is InChI=1S/C53H99NO5/c1-3-5-7-9-11-13-15-17-19-20-21-22-23-24-25-26-27-28-29-30-31-33-34-36-38-40-42-44-46-50(56)52(58)49(48-55)54-53(59)51(57)47-45-43-41-39-37-35-32-18-16-14-12-10-8-6-4-2/h27-28,31-33,35,38,40,49-52,55-58H,3-26,29-30,34,36-37,39,41-48H2,1-2H3,(H,54,59)/b28-27+,33-31+,35-32-,40-38+. The van der Waals surface area contributed by atoms with Crippen LogP contribution in [0.25, 0.3) is 0 Å². The zero-order chi connectivity index (χ0) is 43.1. The molecule has 0 bridgehead atoms. The number of unbranched alkanes of at least 4 members (excludes halogenated alkanes) is 29. The molecule has 0 rings (SSSR count). The molecule has 0 aromatic carbocycles. The van der Waals surface area contributed by atoms with Gasteiger partial charge < -0.3 is 25.7 Å². The maximum absolute atomic E-state index is 12.5. The molecule has 0 aliphatic heterocycles. The number of rotatable bonds is 46. The number of aliphatic hydroxyl groups is 4. The van der Waals surface area contributed by atoms with Crippen molar-refractivity contribution in [3.8, 4) is 0 Å². The van der Waals surface area contributed by atoms with Crippen molar-refractivity contribution < 1.29 is 25.2 Å². The SMILES string of the molecule is CCCCCCCCC/C=C\CCCCCCC(O)C(=O)NC(CO)C(O)C(O)CCC/C=C/CC/C=C/CC/C=C/CCCCCCCCCCCCCCCCC. The Morgan fingerprint density at radius 3 is 1.07 bits per heavy atom. The normalized spacial score (nSPS) is 14.3. The first-order chi connectivity index (χ1) is 29.0. The number of hydrogen-bond donors (Lipinski definition) is 5. The van der Waals surface area contributed by atoms with Crippen LogP contribution < -0.4 is 5.32 Å². The van der Waals surface area contributed by atoms with Gasteiger partial charge in [0.2, 0.25) is 5.91 Å². The monoisotopic (exact) mass is 830 g/mol. The molecule has 6 heteroatoms. The summed E-state index contributed by atoms with van der Waals surface area (Å²) in [6, 6.07) is -1.02. The Hall–Kier alpha value is -1.73. The van der Waals surface area contributed by atoms with Gasteiger partial charge in [-0.05, 0) is 89.9 Å². The molecule has 4 unspecified atom stereocenters. The van der Waals surface area contributed by atoms with Crippen molar-refractivity contribution in [2.75, 3.05) is 6.61 Å². The number of carbonyl (C=O) groups excluding carboxylic acids is 1. The summed E-state index contributed by atoms with van der Waals surface area (Å²) in [7, 11) is 0. The quantitative estimate of drug-likeness (QED) is 0.0310. The minimum atomic E-state index is -1.30. The van der Waals surface area contributed by atoms with Crippen molar-refractivity contribution in [1.29, 1.82) is 0 Å². The van der Waals surface area contributed by atoms with Crippen LogP contribution in [0.3, 0.4) is 0 Å². The topological polar surface area (TPSA) is 110 Å². The molecule has 0 saturated heterocycles. The Bertz CT molecular complexity index is 977. The molecule has 1 amide bonds. The fourth-order valence-corrected chi connectivity index (χ4v) is 7.67. The molecule has 0 radical (unpaired) electrons. The number of amides is 1. The van der Waals surface area contributed by atoms with Crippen LogP contribution in [0.2, 0.25) is 0 Å². The summed E-state index contributed by atoms with van der Waals surface area (Å²) in [5.41, 5.74) is 0. The predicted octanol–water partition coefficient (Wildman–Crippen LogP) is 14.2. The molecular formula is C53H99NO5.